The Bertz CT molecular complexity index is 889. The standard InChI is InChI=1S/C22H24N4O2S/c1-17(27)25-13-15-26(16-14-25)20-10-8-19(9-11-20)23-22(29)24-21(28)12-7-18-5-3-2-4-6-18/h2-12H,13-16H2,1H3,(H2,23,24,28,29). The van der Waals surface area contributed by atoms with Crippen LogP contribution in [0.1, 0.15) is 12.5 Å². The number of benzene rings is 2. The highest BCUT2D eigenvalue weighted by Crippen LogP contribution is 2.19. The van der Waals surface area contributed by atoms with Crippen molar-refractivity contribution in [2.45, 2.75) is 6.92 Å². The molecule has 0 aliphatic carbocycles. The van der Waals surface area contributed by atoms with E-state index in [1.54, 1.807) is 13.0 Å². The summed E-state index contributed by atoms with van der Waals surface area (Å²) >= 11 is 5.21. The first kappa shape index (κ1) is 20.5. The monoisotopic (exact) mass is 408 g/mol. The van der Waals surface area contributed by atoms with Gasteiger partial charge in [0.25, 0.3) is 0 Å². The second kappa shape index (κ2) is 9.84. The zero-order chi connectivity index (χ0) is 20.6. The van der Waals surface area contributed by atoms with E-state index >= 15 is 0 Å². The summed E-state index contributed by atoms with van der Waals surface area (Å²) in [6.07, 6.45) is 3.19. The van der Waals surface area contributed by atoms with Gasteiger partial charge in [-0.2, -0.15) is 0 Å². The molecule has 0 radical (unpaired) electrons. The molecule has 0 atom stereocenters. The number of piperazine rings is 1. The number of hydrogen-bond donors (Lipinski definition) is 2. The molecule has 2 amide bonds. The van der Waals surface area contributed by atoms with E-state index < -0.39 is 0 Å². The average Bonchev–Trinajstić information content (AvgIpc) is 2.73. The van der Waals surface area contributed by atoms with Crippen LogP contribution < -0.4 is 15.5 Å². The lowest BCUT2D eigenvalue weighted by Gasteiger charge is -2.35. The molecular formula is C22H24N4O2S. The molecule has 7 heteroatoms. The van der Waals surface area contributed by atoms with E-state index in [1.165, 1.54) is 6.08 Å². The van der Waals surface area contributed by atoms with Crippen LogP contribution in [0.4, 0.5) is 11.4 Å². The van der Waals surface area contributed by atoms with Crippen LogP contribution in [0.25, 0.3) is 6.08 Å². The maximum absolute atomic E-state index is 12.0. The Labute approximate surface area is 176 Å². The largest absolute Gasteiger partial charge is 0.368 e. The predicted octanol–water partition coefficient (Wildman–Crippen LogP) is 2.88. The van der Waals surface area contributed by atoms with Crippen LogP contribution in [0.15, 0.2) is 60.7 Å². The van der Waals surface area contributed by atoms with Gasteiger partial charge in [-0.05, 0) is 48.1 Å². The minimum Gasteiger partial charge on any atom is -0.368 e. The summed E-state index contributed by atoms with van der Waals surface area (Å²) in [7, 11) is 0. The molecule has 2 aromatic carbocycles. The van der Waals surface area contributed by atoms with Crippen molar-refractivity contribution in [3.63, 3.8) is 0 Å². The zero-order valence-electron chi connectivity index (χ0n) is 16.3. The van der Waals surface area contributed by atoms with Gasteiger partial charge in [-0.15, -0.1) is 0 Å². The molecule has 0 spiro atoms. The van der Waals surface area contributed by atoms with Crippen molar-refractivity contribution in [3.05, 3.63) is 66.2 Å². The second-order valence-electron chi connectivity index (χ2n) is 6.73. The van der Waals surface area contributed by atoms with E-state index in [0.717, 1.165) is 43.1 Å². The Hall–Kier alpha value is -3.19. The molecule has 0 saturated carbocycles. The van der Waals surface area contributed by atoms with E-state index in [0.29, 0.717) is 0 Å². The lowest BCUT2D eigenvalue weighted by atomic mass is 10.2. The number of carbonyl (C=O) groups is 2. The summed E-state index contributed by atoms with van der Waals surface area (Å²) in [4.78, 5) is 27.5. The number of carbonyl (C=O) groups excluding carboxylic acids is 2. The van der Waals surface area contributed by atoms with Crippen LogP contribution >= 0.6 is 12.2 Å². The lowest BCUT2D eigenvalue weighted by molar-refractivity contribution is -0.129. The third-order valence-corrected chi connectivity index (χ3v) is 4.88. The van der Waals surface area contributed by atoms with Gasteiger partial charge >= 0.3 is 0 Å². The van der Waals surface area contributed by atoms with E-state index in [-0.39, 0.29) is 16.9 Å². The zero-order valence-corrected chi connectivity index (χ0v) is 17.1. The fourth-order valence-corrected chi connectivity index (χ4v) is 3.31. The van der Waals surface area contributed by atoms with Crippen LogP contribution in [0.2, 0.25) is 0 Å². The number of nitrogens with one attached hydrogen (secondary N) is 2. The third-order valence-electron chi connectivity index (χ3n) is 4.68. The van der Waals surface area contributed by atoms with Crippen LogP contribution in [0.5, 0.6) is 0 Å². The molecule has 2 aromatic rings. The van der Waals surface area contributed by atoms with Crippen molar-refractivity contribution in [1.82, 2.24) is 10.2 Å². The van der Waals surface area contributed by atoms with Gasteiger partial charge in [0.15, 0.2) is 5.11 Å². The van der Waals surface area contributed by atoms with Gasteiger partial charge in [0.05, 0.1) is 0 Å². The molecule has 1 fully saturated rings. The van der Waals surface area contributed by atoms with Crippen molar-refractivity contribution >= 4 is 46.6 Å². The van der Waals surface area contributed by atoms with Crippen LogP contribution in [-0.2, 0) is 9.59 Å². The van der Waals surface area contributed by atoms with Crippen LogP contribution in [0.3, 0.4) is 0 Å². The van der Waals surface area contributed by atoms with Crippen molar-refractivity contribution < 1.29 is 9.59 Å². The SMILES string of the molecule is CC(=O)N1CCN(c2ccc(NC(=S)NC(=O)C=Cc3ccccc3)cc2)CC1. The Morgan fingerprint density at radius 2 is 1.62 bits per heavy atom. The molecule has 29 heavy (non-hydrogen) atoms. The van der Waals surface area contributed by atoms with Gasteiger partial charge < -0.3 is 15.1 Å². The Balaban J connectivity index is 1.48. The molecule has 0 bridgehead atoms. The predicted molar refractivity (Wildman–Crippen MR) is 121 cm³/mol. The summed E-state index contributed by atoms with van der Waals surface area (Å²) in [5.41, 5.74) is 2.84. The first-order chi connectivity index (χ1) is 14.0. The normalized spacial score (nSPS) is 14.0. The molecule has 1 heterocycles. The number of nitrogens with zero attached hydrogens (tertiary/aromatic N) is 2. The van der Waals surface area contributed by atoms with Crippen molar-refractivity contribution in [1.29, 1.82) is 0 Å². The number of hydrogen-bond acceptors (Lipinski definition) is 4. The summed E-state index contributed by atoms with van der Waals surface area (Å²) in [5.74, 6) is -0.162. The molecule has 3 rings (SSSR count). The van der Waals surface area contributed by atoms with Crippen LogP contribution in [-0.4, -0.2) is 48.0 Å². The Morgan fingerprint density at radius 3 is 2.24 bits per heavy atom. The number of rotatable bonds is 4. The average molecular weight is 409 g/mol. The molecule has 1 saturated heterocycles. The van der Waals surface area contributed by atoms with Gasteiger partial charge in [-0.25, -0.2) is 0 Å². The molecule has 6 nitrogen and oxygen atoms in total. The van der Waals surface area contributed by atoms with E-state index in [1.807, 2.05) is 59.5 Å². The minimum absolute atomic E-state index is 0.123. The Morgan fingerprint density at radius 1 is 0.966 bits per heavy atom. The van der Waals surface area contributed by atoms with Gasteiger partial charge in [-0.1, -0.05) is 30.3 Å². The fraction of sp³-hybridized carbons (Fsp3) is 0.227. The van der Waals surface area contributed by atoms with Gasteiger partial charge in [0.2, 0.25) is 11.8 Å². The maximum atomic E-state index is 12.0. The number of thiocarbonyl (C=S) groups is 1. The lowest BCUT2D eigenvalue weighted by Crippen LogP contribution is -2.48. The van der Waals surface area contributed by atoms with Crippen molar-refractivity contribution in [2.24, 2.45) is 0 Å². The molecule has 150 valence electrons. The molecule has 1 aliphatic heterocycles. The van der Waals surface area contributed by atoms with E-state index in [2.05, 4.69) is 15.5 Å². The van der Waals surface area contributed by atoms with E-state index in [4.69, 9.17) is 12.2 Å². The molecular weight excluding hydrogens is 384 g/mol. The van der Waals surface area contributed by atoms with Crippen molar-refractivity contribution in [2.75, 3.05) is 36.4 Å². The first-order valence-electron chi connectivity index (χ1n) is 9.47. The Kier molecular flexibility index (Phi) is 6.97. The molecule has 1 aliphatic rings. The van der Waals surface area contributed by atoms with Crippen LogP contribution in [0, 0.1) is 0 Å². The van der Waals surface area contributed by atoms with E-state index in [9.17, 15) is 9.59 Å². The number of amides is 2. The highest BCUT2D eigenvalue weighted by atomic mass is 32.1. The summed E-state index contributed by atoms with van der Waals surface area (Å²) in [6, 6.07) is 17.4. The summed E-state index contributed by atoms with van der Waals surface area (Å²) in [5, 5.41) is 5.90. The minimum atomic E-state index is -0.286. The summed E-state index contributed by atoms with van der Waals surface area (Å²) in [6.45, 7) is 4.71. The topological polar surface area (TPSA) is 64.7 Å². The molecule has 0 unspecified atom stereocenters. The highest BCUT2D eigenvalue weighted by molar-refractivity contribution is 7.80. The van der Waals surface area contributed by atoms with Gasteiger partial charge in [0, 0.05) is 50.6 Å². The highest BCUT2D eigenvalue weighted by Gasteiger charge is 2.18. The molecule has 0 aromatic heterocycles. The maximum Gasteiger partial charge on any atom is 0.250 e. The summed E-state index contributed by atoms with van der Waals surface area (Å²) < 4.78 is 0. The quantitative estimate of drug-likeness (QED) is 0.602. The first-order valence-corrected chi connectivity index (χ1v) is 9.88. The van der Waals surface area contributed by atoms with Crippen molar-refractivity contribution in [3.8, 4) is 0 Å². The molecule has 2 N–H and O–H groups in total. The smallest absolute Gasteiger partial charge is 0.250 e. The fourth-order valence-electron chi connectivity index (χ4n) is 3.09. The van der Waals surface area contributed by atoms with Gasteiger partial charge in [-0.3, -0.25) is 14.9 Å². The number of anilines is 2. The third kappa shape index (κ3) is 6.15. The second-order valence-corrected chi connectivity index (χ2v) is 7.14. The van der Waals surface area contributed by atoms with Gasteiger partial charge in [0.1, 0.15) is 0 Å².